The first-order chi connectivity index (χ1) is 8.47. The van der Waals surface area contributed by atoms with Gasteiger partial charge in [-0.15, -0.1) is 0 Å². The summed E-state index contributed by atoms with van der Waals surface area (Å²) in [6.45, 7) is -0.0140. The number of phenolic OH excluding ortho intramolecular Hbond substituents is 1. The topological polar surface area (TPSA) is 75.6 Å². The number of aromatic hydroxyl groups is 1. The van der Waals surface area contributed by atoms with Crippen LogP contribution >= 0.6 is 22.6 Å². The number of phenols is 1. The highest BCUT2D eigenvalue weighted by molar-refractivity contribution is 14.1. The van der Waals surface area contributed by atoms with E-state index in [-0.39, 0.29) is 6.54 Å². The lowest BCUT2D eigenvalue weighted by atomic mass is 10.1. The molecule has 0 radical (unpaired) electrons. The highest BCUT2D eigenvalue weighted by atomic mass is 127. The molecule has 98 valence electrons. The molecule has 1 unspecified atom stereocenters. The quantitative estimate of drug-likeness (QED) is 0.477. The maximum Gasteiger partial charge on any atom is 0.320 e. The summed E-state index contributed by atoms with van der Waals surface area (Å²) in [5.74, 6) is -2.55. The van der Waals surface area contributed by atoms with Crippen LogP contribution in [-0.4, -0.2) is 34.6 Å². The zero-order valence-corrected chi connectivity index (χ0v) is 11.6. The lowest BCUT2D eigenvalue weighted by Gasteiger charge is -2.10. The van der Waals surface area contributed by atoms with Gasteiger partial charge in [-0.25, -0.2) is 4.39 Å². The molecule has 0 heterocycles. The highest BCUT2D eigenvalue weighted by Crippen LogP contribution is 2.19. The molecule has 18 heavy (non-hydrogen) atoms. The van der Waals surface area contributed by atoms with Crippen molar-refractivity contribution >= 4 is 34.5 Å². The number of benzene rings is 1. The van der Waals surface area contributed by atoms with Gasteiger partial charge in [0.2, 0.25) is 0 Å². The summed E-state index contributed by atoms with van der Waals surface area (Å²) >= 11 is 1.79. The maximum absolute atomic E-state index is 13.3. The molecule has 0 aromatic heterocycles. The van der Waals surface area contributed by atoms with Crippen molar-refractivity contribution in [1.82, 2.24) is 5.32 Å². The molecule has 0 saturated carbocycles. The van der Waals surface area contributed by atoms with Crippen LogP contribution in [-0.2, 0) is 9.53 Å². The largest absolute Gasteiger partial charge is 0.507 e. The van der Waals surface area contributed by atoms with E-state index >= 15 is 0 Å². The van der Waals surface area contributed by atoms with Crippen molar-refractivity contribution in [3.63, 3.8) is 0 Å². The predicted octanol–water partition coefficient (Wildman–Crippen LogP) is 1.24. The molecular formula is C11H11FINO4. The van der Waals surface area contributed by atoms with E-state index in [0.717, 1.165) is 6.07 Å². The molecule has 0 saturated heterocycles. The third kappa shape index (κ3) is 3.56. The Hall–Kier alpha value is -1.38. The van der Waals surface area contributed by atoms with E-state index in [1.807, 2.05) is 0 Å². The molecule has 0 fully saturated rings. The van der Waals surface area contributed by atoms with E-state index < -0.39 is 32.9 Å². The van der Waals surface area contributed by atoms with Gasteiger partial charge in [0.05, 0.1) is 7.11 Å². The first-order valence-electron chi connectivity index (χ1n) is 4.95. The fraction of sp³-hybridized carbons (Fsp3) is 0.273. The van der Waals surface area contributed by atoms with Crippen LogP contribution in [0.2, 0.25) is 0 Å². The van der Waals surface area contributed by atoms with Gasteiger partial charge in [0.25, 0.3) is 5.91 Å². The van der Waals surface area contributed by atoms with Crippen LogP contribution in [0.25, 0.3) is 0 Å². The number of alkyl halides is 1. The molecule has 1 aromatic carbocycles. The van der Waals surface area contributed by atoms with Gasteiger partial charge in [-0.05, 0) is 12.1 Å². The Labute approximate surface area is 116 Å². The van der Waals surface area contributed by atoms with Gasteiger partial charge in [-0.1, -0.05) is 28.7 Å². The standard InChI is InChI=1S/C11H11FINO4/c1-18-11(17)7(13)5-14-10(16)9-6(12)3-2-4-8(9)15/h2-4,7,15H,5H2,1H3,(H,14,16). The van der Waals surface area contributed by atoms with Crippen LogP contribution in [0.1, 0.15) is 10.4 Å². The van der Waals surface area contributed by atoms with Crippen LogP contribution in [0.4, 0.5) is 4.39 Å². The van der Waals surface area contributed by atoms with Gasteiger partial charge in [0.15, 0.2) is 0 Å². The zero-order valence-electron chi connectivity index (χ0n) is 9.44. The van der Waals surface area contributed by atoms with Gasteiger partial charge in [0, 0.05) is 6.54 Å². The predicted molar refractivity (Wildman–Crippen MR) is 70.2 cm³/mol. The molecule has 1 amide bonds. The fourth-order valence-corrected chi connectivity index (χ4v) is 1.69. The maximum atomic E-state index is 13.3. The SMILES string of the molecule is COC(=O)C(I)CNC(=O)c1c(O)cccc1F. The molecule has 2 N–H and O–H groups in total. The summed E-state index contributed by atoms with van der Waals surface area (Å²) in [4.78, 5) is 22.7. The monoisotopic (exact) mass is 367 g/mol. The molecule has 1 aromatic rings. The molecule has 1 atom stereocenters. The lowest BCUT2D eigenvalue weighted by molar-refractivity contribution is -0.139. The average Bonchev–Trinajstić information content (AvgIpc) is 2.34. The number of nitrogens with one attached hydrogen (secondary N) is 1. The van der Waals surface area contributed by atoms with Crippen molar-refractivity contribution in [3.05, 3.63) is 29.6 Å². The molecule has 0 spiro atoms. The number of halogens is 2. The number of methoxy groups -OCH3 is 1. The van der Waals surface area contributed by atoms with E-state index in [1.54, 1.807) is 22.6 Å². The van der Waals surface area contributed by atoms with Crippen LogP contribution in [0.5, 0.6) is 5.75 Å². The molecule has 7 heteroatoms. The number of carbonyl (C=O) groups is 2. The third-order valence-corrected chi connectivity index (χ3v) is 3.07. The molecule has 0 aliphatic heterocycles. The summed E-state index contributed by atoms with van der Waals surface area (Å²) in [7, 11) is 1.23. The Morgan fingerprint density at radius 1 is 1.56 bits per heavy atom. The van der Waals surface area contributed by atoms with Crippen LogP contribution in [0.15, 0.2) is 18.2 Å². The molecular weight excluding hydrogens is 356 g/mol. The summed E-state index contributed by atoms with van der Waals surface area (Å²) in [6, 6.07) is 3.56. The Balaban J connectivity index is 2.69. The van der Waals surface area contributed by atoms with E-state index in [1.165, 1.54) is 19.2 Å². The van der Waals surface area contributed by atoms with Crippen LogP contribution < -0.4 is 5.32 Å². The summed E-state index contributed by atoms with van der Waals surface area (Å²) in [6.07, 6.45) is 0. The second-order valence-electron chi connectivity index (χ2n) is 3.33. The summed E-state index contributed by atoms with van der Waals surface area (Å²) < 4.78 is 17.2. The van der Waals surface area contributed by atoms with Crippen molar-refractivity contribution in [2.45, 2.75) is 3.92 Å². The number of hydrogen-bond acceptors (Lipinski definition) is 4. The van der Waals surface area contributed by atoms with Crippen LogP contribution in [0.3, 0.4) is 0 Å². The minimum Gasteiger partial charge on any atom is -0.507 e. The minimum atomic E-state index is -0.824. The number of carbonyl (C=O) groups excluding carboxylic acids is 2. The molecule has 0 bridgehead atoms. The van der Waals surface area contributed by atoms with E-state index in [2.05, 4.69) is 10.1 Å². The zero-order chi connectivity index (χ0) is 13.7. The van der Waals surface area contributed by atoms with Gasteiger partial charge < -0.3 is 15.2 Å². The van der Waals surface area contributed by atoms with Crippen LogP contribution in [0, 0.1) is 5.82 Å². The molecule has 0 aliphatic rings. The number of rotatable bonds is 4. The average molecular weight is 367 g/mol. The second-order valence-corrected chi connectivity index (χ2v) is 4.84. The smallest absolute Gasteiger partial charge is 0.320 e. The second kappa shape index (κ2) is 6.53. The van der Waals surface area contributed by atoms with Gasteiger partial charge >= 0.3 is 5.97 Å². The minimum absolute atomic E-state index is 0.0140. The van der Waals surface area contributed by atoms with Crippen molar-refractivity contribution in [3.8, 4) is 5.75 Å². The van der Waals surface area contributed by atoms with Gasteiger partial charge in [0.1, 0.15) is 21.1 Å². The first-order valence-corrected chi connectivity index (χ1v) is 6.19. The Morgan fingerprint density at radius 2 is 2.22 bits per heavy atom. The molecule has 5 nitrogen and oxygen atoms in total. The number of ether oxygens (including phenoxy) is 1. The van der Waals surface area contributed by atoms with E-state index in [9.17, 15) is 19.1 Å². The lowest BCUT2D eigenvalue weighted by Crippen LogP contribution is -2.34. The van der Waals surface area contributed by atoms with Crippen molar-refractivity contribution in [1.29, 1.82) is 0 Å². The number of hydrogen-bond donors (Lipinski definition) is 2. The number of amides is 1. The Bertz CT molecular complexity index is 446. The Morgan fingerprint density at radius 3 is 2.78 bits per heavy atom. The normalized spacial score (nSPS) is 11.7. The van der Waals surface area contributed by atoms with Crippen molar-refractivity contribution < 1.29 is 23.8 Å². The van der Waals surface area contributed by atoms with Gasteiger partial charge in [-0.3, -0.25) is 9.59 Å². The van der Waals surface area contributed by atoms with Gasteiger partial charge in [-0.2, -0.15) is 0 Å². The fourth-order valence-electron chi connectivity index (χ4n) is 1.22. The third-order valence-electron chi connectivity index (χ3n) is 2.12. The highest BCUT2D eigenvalue weighted by Gasteiger charge is 2.20. The molecule has 1 rings (SSSR count). The summed E-state index contributed by atoms with van der Waals surface area (Å²) in [5, 5.41) is 11.7. The summed E-state index contributed by atoms with van der Waals surface area (Å²) in [5.41, 5.74) is -0.439. The van der Waals surface area contributed by atoms with Crippen molar-refractivity contribution in [2.75, 3.05) is 13.7 Å². The van der Waals surface area contributed by atoms with Crippen molar-refractivity contribution in [2.24, 2.45) is 0 Å². The van der Waals surface area contributed by atoms with E-state index in [4.69, 9.17) is 0 Å². The number of esters is 1. The molecule has 0 aliphatic carbocycles. The first kappa shape index (κ1) is 14.7. The Kier molecular flexibility index (Phi) is 5.32. The van der Waals surface area contributed by atoms with E-state index in [0.29, 0.717) is 0 Å².